The molecule has 18 heavy (non-hydrogen) atoms. The van der Waals surface area contributed by atoms with Crippen LogP contribution in [0.25, 0.3) is 0 Å². The van der Waals surface area contributed by atoms with Crippen LogP contribution in [0.3, 0.4) is 0 Å². The van der Waals surface area contributed by atoms with Crippen LogP contribution in [0.2, 0.25) is 0 Å². The summed E-state index contributed by atoms with van der Waals surface area (Å²) in [4.78, 5) is 11.4. The van der Waals surface area contributed by atoms with E-state index in [2.05, 4.69) is 0 Å². The molecule has 0 spiro atoms. The summed E-state index contributed by atoms with van der Waals surface area (Å²) in [6, 6.07) is 5.23. The van der Waals surface area contributed by atoms with E-state index in [0.29, 0.717) is 17.9 Å². The molecule has 1 atom stereocenters. The van der Waals surface area contributed by atoms with Crippen molar-refractivity contribution in [2.75, 3.05) is 7.11 Å². The average molecular weight is 250 g/mol. The van der Waals surface area contributed by atoms with Crippen molar-refractivity contribution in [2.45, 2.75) is 31.8 Å². The maximum Gasteiger partial charge on any atom is 0.306 e. The Balaban J connectivity index is 2.20. The highest BCUT2D eigenvalue weighted by atomic mass is 16.5. The van der Waals surface area contributed by atoms with Gasteiger partial charge in [-0.15, -0.1) is 0 Å². The van der Waals surface area contributed by atoms with Gasteiger partial charge in [-0.3, -0.25) is 4.79 Å². The van der Waals surface area contributed by atoms with Crippen LogP contribution < -0.4 is 0 Å². The molecular formula is C14H18O4. The Morgan fingerprint density at radius 2 is 2.22 bits per heavy atom. The fraction of sp³-hybridized carbons (Fsp3) is 0.500. The second kappa shape index (κ2) is 5.40. The van der Waals surface area contributed by atoms with Crippen LogP contribution in [-0.4, -0.2) is 23.3 Å². The summed E-state index contributed by atoms with van der Waals surface area (Å²) < 4.78 is 4.71. The highest BCUT2D eigenvalue weighted by Crippen LogP contribution is 2.45. The van der Waals surface area contributed by atoms with E-state index in [-0.39, 0.29) is 24.2 Å². The highest BCUT2D eigenvalue weighted by Gasteiger charge is 2.34. The molecule has 4 heteroatoms. The fourth-order valence-electron chi connectivity index (χ4n) is 2.26. The van der Waals surface area contributed by atoms with Gasteiger partial charge in [0.1, 0.15) is 5.75 Å². The molecular weight excluding hydrogens is 232 g/mol. The van der Waals surface area contributed by atoms with Crippen molar-refractivity contribution >= 4 is 5.97 Å². The number of hydrogen-bond donors (Lipinski definition) is 2. The zero-order chi connectivity index (χ0) is 13.1. The summed E-state index contributed by atoms with van der Waals surface area (Å²) in [6.45, 7) is -0.183. The summed E-state index contributed by atoms with van der Waals surface area (Å²) in [6.07, 6.45) is 2.58. The van der Waals surface area contributed by atoms with Gasteiger partial charge in [0.25, 0.3) is 0 Å². The molecule has 0 heterocycles. The average Bonchev–Trinajstić information content (AvgIpc) is 3.19. The molecule has 0 amide bonds. The van der Waals surface area contributed by atoms with Gasteiger partial charge in [-0.05, 0) is 36.3 Å². The number of carbonyl (C=O) groups is 1. The van der Waals surface area contributed by atoms with Crippen molar-refractivity contribution in [3.8, 4) is 5.75 Å². The first-order chi connectivity index (χ1) is 8.65. The molecule has 1 fully saturated rings. The molecule has 1 aromatic carbocycles. The molecule has 4 nitrogen and oxygen atoms in total. The van der Waals surface area contributed by atoms with Crippen LogP contribution in [0, 0.1) is 5.92 Å². The first kappa shape index (κ1) is 12.9. The topological polar surface area (TPSA) is 66.8 Å². The van der Waals surface area contributed by atoms with Crippen molar-refractivity contribution in [1.82, 2.24) is 0 Å². The van der Waals surface area contributed by atoms with E-state index in [1.165, 1.54) is 7.11 Å². The van der Waals surface area contributed by atoms with Crippen molar-refractivity contribution < 1.29 is 19.7 Å². The van der Waals surface area contributed by atoms with Crippen LogP contribution in [0.15, 0.2) is 18.2 Å². The van der Waals surface area contributed by atoms with E-state index in [4.69, 9.17) is 9.84 Å². The second-order valence-corrected chi connectivity index (χ2v) is 4.77. The minimum Gasteiger partial charge on any atom is -0.508 e. The number of methoxy groups -OCH3 is 1. The molecule has 0 radical (unpaired) electrons. The lowest BCUT2D eigenvalue weighted by Gasteiger charge is -2.16. The molecule has 0 aromatic heterocycles. The number of carbonyl (C=O) groups excluding carboxylic acids is 1. The lowest BCUT2D eigenvalue weighted by Crippen LogP contribution is -2.10. The van der Waals surface area contributed by atoms with E-state index >= 15 is 0 Å². The maximum absolute atomic E-state index is 11.4. The predicted molar refractivity (Wildman–Crippen MR) is 66.1 cm³/mol. The Labute approximate surface area is 106 Å². The SMILES string of the molecule is COC(=O)CC(c1ccc(CO)c(O)c1)C1CC1. The molecule has 1 unspecified atom stereocenters. The van der Waals surface area contributed by atoms with E-state index in [0.717, 1.165) is 18.4 Å². The number of benzene rings is 1. The lowest BCUT2D eigenvalue weighted by molar-refractivity contribution is -0.141. The molecule has 0 bridgehead atoms. The third-order valence-electron chi connectivity index (χ3n) is 3.51. The molecule has 0 saturated heterocycles. The van der Waals surface area contributed by atoms with E-state index in [1.807, 2.05) is 6.07 Å². The van der Waals surface area contributed by atoms with Crippen molar-refractivity contribution in [3.63, 3.8) is 0 Å². The van der Waals surface area contributed by atoms with Gasteiger partial charge in [0, 0.05) is 5.56 Å². The molecule has 1 aliphatic carbocycles. The van der Waals surface area contributed by atoms with Crippen LogP contribution >= 0.6 is 0 Å². The normalized spacial score (nSPS) is 16.3. The summed E-state index contributed by atoms with van der Waals surface area (Å²) in [5.74, 6) is 0.475. The third kappa shape index (κ3) is 2.82. The van der Waals surface area contributed by atoms with Gasteiger partial charge in [-0.1, -0.05) is 12.1 Å². The van der Waals surface area contributed by atoms with Crippen LogP contribution in [-0.2, 0) is 16.1 Å². The van der Waals surface area contributed by atoms with Gasteiger partial charge < -0.3 is 14.9 Å². The zero-order valence-corrected chi connectivity index (χ0v) is 10.4. The number of ether oxygens (including phenoxy) is 1. The van der Waals surface area contributed by atoms with Crippen molar-refractivity contribution in [2.24, 2.45) is 5.92 Å². The quantitative estimate of drug-likeness (QED) is 0.784. The Hall–Kier alpha value is -1.55. The van der Waals surface area contributed by atoms with Crippen LogP contribution in [0.4, 0.5) is 0 Å². The Kier molecular flexibility index (Phi) is 3.87. The van der Waals surface area contributed by atoms with Gasteiger partial charge in [0.15, 0.2) is 0 Å². The zero-order valence-electron chi connectivity index (χ0n) is 10.4. The van der Waals surface area contributed by atoms with Crippen LogP contribution in [0.1, 0.15) is 36.3 Å². The minimum atomic E-state index is -0.224. The Bertz CT molecular complexity index is 437. The van der Waals surface area contributed by atoms with Gasteiger partial charge in [0.2, 0.25) is 0 Å². The largest absolute Gasteiger partial charge is 0.508 e. The number of phenols is 1. The lowest BCUT2D eigenvalue weighted by atomic mass is 9.90. The first-order valence-electron chi connectivity index (χ1n) is 6.15. The number of aliphatic hydroxyl groups excluding tert-OH is 1. The summed E-state index contributed by atoms with van der Waals surface area (Å²) in [7, 11) is 1.39. The number of aliphatic hydroxyl groups is 1. The highest BCUT2D eigenvalue weighted by molar-refractivity contribution is 5.70. The molecule has 1 aromatic rings. The number of aromatic hydroxyl groups is 1. The number of esters is 1. The van der Waals surface area contributed by atoms with E-state index < -0.39 is 0 Å². The number of hydrogen-bond acceptors (Lipinski definition) is 4. The second-order valence-electron chi connectivity index (χ2n) is 4.77. The summed E-state index contributed by atoms with van der Waals surface area (Å²) in [5.41, 5.74) is 1.45. The van der Waals surface area contributed by atoms with Gasteiger partial charge in [0.05, 0.1) is 20.1 Å². The molecule has 2 N–H and O–H groups in total. The standard InChI is InChI=1S/C14H18O4/c1-18-14(17)7-12(9-2-3-9)10-4-5-11(8-15)13(16)6-10/h4-6,9,12,15-16H,2-3,7-8H2,1H3. The van der Waals surface area contributed by atoms with Crippen molar-refractivity contribution in [3.05, 3.63) is 29.3 Å². The monoisotopic (exact) mass is 250 g/mol. The van der Waals surface area contributed by atoms with E-state index in [9.17, 15) is 9.90 Å². The summed E-state index contributed by atoms with van der Waals surface area (Å²) in [5, 5.41) is 18.8. The molecule has 1 aliphatic rings. The molecule has 1 saturated carbocycles. The fourth-order valence-corrected chi connectivity index (χ4v) is 2.26. The number of rotatable bonds is 5. The summed E-state index contributed by atoms with van der Waals surface area (Å²) >= 11 is 0. The third-order valence-corrected chi connectivity index (χ3v) is 3.51. The minimum absolute atomic E-state index is 0.0884. The van der Waals surface area contributed by atoms with Gasteiger partial charge in [-0.2, -0.15) is 0 Å². The predicted octanol–water partition coefficient (Wildman–Crippen LogP) is 1.94. The van der Waals surface area contributed by atoms with Gasteiger partial charge in [-0.25, -0.2) is 0 Å². The Morgan fingerprint density at radius 1 is 1.50 bits per heavy atom. The molecule has 98 valence electrons. The maximum atomic E-state index is 11.4. The van der Waals surface area contributed by atoms with E-state index in [1.54, 1.807) is 12.1 Å². The Morgan fingerprint density at radius 3 is 2.72 bits per heavy atom. The first-order valence-corrected chi connectivity index (χ1v) is 6.15. The van der Waals surface area contributed by atoms with Gasteiger partial charge >= 0.3 is 5.97 Å². The molecule has 0 aliphatic heterocycles. The molecule has 2 rings (SSSR count). The van der Waals surface area contributed by atoms with Crippen LogP contribution in [0.5, 0.6) is 5.75 Å². The van der Waals surface area contributed by atoms with Crippen molar-refractivity contribution in [1.29, 1.82) is 0 Å². The smallest absolute Gasteiger partial charge is 0.306 e.